The van der Waals surface area contributed by atoms with Gasteiger partial charge >= 0.3 is 5.97 Å². The first kappa shape index (κ1) is 22.4. The van der Waals surface area contributed by atoms with Gasteiger partial charge in [0, 0.05) is 12.1 Å². The molecule has 29 heavy (non-hydrogen) atoms. The summed E-state index contributed by atoms with van der Waals surface area (Å²) >= 11 is 0. The third-order valence-electron chi connectivity index (χ3n) is 4.03. The van der Waals surface area contributed by atoms with Gasteiger partial charge in [0.15, 0.2) is 6.61 Å². The van der Waals surface area contributed by atoms with Crippen LogP contribution in [-0.4, -0.2) is 40.6 Å². The molecule has 0 aromatic heterocycles. The zero-order chi connectivity index (χ0) is 21.4. The minimum Gasteiger partial charge on any atom is -0.496 e. The van der Waals surface area contributed by atoms with Crippen molar-refractivity contribution in [1.29, 1.82) is 0 Å². The van der Waals surface area contributed by atoms with E-state index in [1.165, 1.54) is 24.3 Å². The molecule has 0 saturated carbocycles. The molecule has 156 valence electrons. The fourth-order valence-electron chi connectivity index (χ4n) is 2.66. The van der Waals surface area contributed by atoms with Crippen molar-refractivity contribution in [1.82, 2.24) is 10.0 Å². The molecule has 9 heteroatoms. The van der Waals surface area contributed by atoms with Crippen molar-refractivity contribution < 1.29 is 27.5 Å². The molecule has 1 atom stereocenters. The first-order valence-electron chi connectivity index (χ1n) is 8.97. The van der Waals surface area contributed by atoms with E-state index in [1.807, 2.05) is 18.2 Å². The van der Waals surface area contributed by atoms with Crippen LogP contribution < -0.4 is 14.8 Å². The number of sulfonamides is 1. The Labute approximate surface area is 170 Å². The number of para-hydroxylation sites is 1. The number of rotatable bonds is 9. The maximum Gasteiger partial charge on any atom is 0.338 e. The van der Waals surface area contributed by atoms with E-state index in [0.29, 0.717) is 5.75 Å². The lowest BCUT2D eigenvalue weighted by Gasteiger charge is -2.17. The van der Waals surface area contributed by atoms with Gasteiger partial charge in [0.1, 0.15) is 5.75 Å². The molecule has 2 aromatic carbocycles. The molecule has 0 heterocycles. The Balaban J connectivity index is 1.98. The average molecular weight is 420 g/mol. The molecule has 1 amide bonds. The molecule has 2 aromatic rings. The minimum absolute atomic E-state index is 0.0366. The lowest BCUT2D eigenvalue weighted by Crippen LogP contribution is -2.31. The van der Waals surface area contributed by atoms with Gasteiger partial charge in [-0.3, -0.25) is 4.79 Å². The van der Waals surface area contributed by atoms with Gasteiger partial charge in [-0.25, -0.2) is 17.9 Å². The average Bonchev–Trinajstić information content (AvgIpc) is 2.72. The number of hydrogen-bond donors (Lipinski definition) is 2. The van der Waals surface area contributed by atoms with Crippen molar-refractivity contribution in [3.8, 4) is 5.75 Å². The summed E-state index contributed by atoms with van der Waals surface area (Å²) < 4.78 is 36.7. The van der Waals surface area contributed by atoms with Gasteiger partial charge in [0.25, 0.3) is 5.91 Å². The van der Waals surface area contributed by atoms with E-state index in [9.17, 15) is 18.0 Å². The Kier molecular flexibility index (Phi) is 7.74. The van der Waals surface area contributed by atoms with Crippen LogP contribution in [0.3, 0.4) is 0 Å². The molecule has 1 unspecified atom stereocenters. The van der Waals surface area contributed by atoms with E-state index in [0.717, 1.165) is 5.56 Å². The normalized spacial score (nSPS) is 12.1. The monoisotopic (exact) mass is 420 g/mol. The third-order valence-corrected chi connectivity index (χ3v) is 5.57. The predicted molar refractivity (Wildman–Crippen MR) is 107 cm³/mol. The van der Waals surface area contributed by atoms with E-state index >= 15 is 0 Å². The van der Waals surface area contributed by atoms with Gasteiger partial charge in [-0.05, 0) is 31.2 Å². The standard InChI is InChI=1S/C20H24N2O6S/c1-4-21-29(25,26)16-9-7-8-15(12-16)20(24)28-13-19(23)22-14(2)17-10-5-6-11-18(17)27-3/h5-12,14,21H,4,13H2,1-3H3,(H,22,23). The highest BCUT2D eigenvalue weighted by atomic mass is 32.2. The van der Waals surface area contributed by atoms with Gasteiger partial charge in [-0.1, -0.05) is 31.2 Å². The maximum absolute atomic E-state index is 12.2. The van der Waals surface area contributed by atoms with Crippen molar-refractivity contribution in [2.24, 2.45) is 0 Å². The van der Waals surface area contributed by atoms with Gasteiger partial charge in [-0.15, -0.1) is 0 Å². The van der Waals surface area contributed by atoms with E-state index in [-0.39, 0.29) is 23.0 Å². The number of carbonyl (C=O) groups excluding carboxylic acids is 2. The summed E-state index contributed by atoms with van der Waals surface area (Å²) in [7, 11) is -2.16. The van der Waals surface area contributed by atoms with Crippen molar-refractivity contribution in [2.75, 3.05) is 20.3 Å². The summed E-state index contributed by atoms with van der Waals surface area (Å²) in [5.41, 5.74) is 0.825. The first-order valence-corrected chi connectivity index (χ1v) is 10.5. The van der Waals surface area contributed by atoms with Crippen LogP contribution in [0.5, 0.6) is 5.75 Å². The molecule has 0 spiro atoms. The highest BCUT2D eigenvalue weighted by molar-refractivity contribution is 7.89. The zero-order valence-electron chi connectivity index (χ0n) is 16.5. The summed E-state index contributed by atoms with van der Waals surface area (Å²) in [6.45, 7) is 3.16. The topological polar surface area (TPSA) is 111 Å². The smallest absolute Gasteiger partial charge is 0.338 e. The molecule has 0 fully saturated rings. The molecular weight excluding hydrogens is 396 g/mol. The first-order chi connectivity index (χ1) is 13.8. The number of hydrogen-bond acceptors (Lipinski definition) is 6. The number of methoxy groups -OCH3 is 1. The van der Waals surface area contributed by atoms with Crippen molar-refractivity contribution in [3.63, 3.8) is 0 Å². The largest absolute Gasteiger partial charge is 0.496 e. The highest BCUT2D eigenvalue weighted by Gasteiger charge is 2.18. The van der Waals surface area contributed by atoms with Crippen LogP contribution in [0, 0.1) is 0 Å². The van der Waals surface area contributed by atoms with Crippen LogP contribution in [0.15, 0.2) is 53.4 Å². The fraction of sp³-hybridized carbons (Fsp3) is 0.300. The Morgan fingerprint density at radius 3 is 2.52 bits per heavy atom. The Morgan fingerprint density at radius 1 is 1.10 bits per heavy atom. The van der Waals surface area contributed by atoms with Crippen molar-refractivity contribution in [2.45, 2.75) is 24.8 Å². The molecule has 0 bridgehead atoms. The second-order valence-electron chi connectivity index (χ2n) is 6.14. The Morgan fingerprint density at radius 2 is 1.83 bits per heavy atom. The minimum atomic E-state index is -3.70. The molecule has 8 nitrogen and oxygen atoms in total. The molecule has 0 aliphatic heterocycles. The number of nitrogens with one attached hydrogen (secondary N) is 2. The van der Waals surface area contributed by atoms with Gasteiger partial charge < -0.3 is 14.8 Å². The van der Waals surface area contributed by atoms with Crippen LogP contribution >= 0.6 is 0 Å². The molecule has 0 radical (unpaired) electrons. The quantitative estimate of drug-likeness (QED) is 0.601. The Bertz CT molecular complexity index is 974. The summed E-state index contributed by atoms with van der Waals surface area (Å²) in [6.07, 6.45) is 0. The fourth-order valence-corrected chi connectivity index (χ4v) is 3.75. The number of benzene rings is 2. The van der Waals surface area contributed by atoms with Crippen molar-refractivity contribution >= 4 is 21.9 Å². The molecule has 2 N–H and O–H groups in total. The third kappa shape index (κ3) is 6.03. The van der Waals surface area contributed by atoms with Gasteiger partial charge in [0.2, 0.25) is 10.0 Å². The van der Waals surface area contributed by atoms with Crippen LogP contribution in [0.4, 0.5) is 0 Å². The molecule has 2 rings (SSSR count). The number of esters is 1. The van der Waals surface area contributed by atoms with E-state index in [1.54, 1.807) is 27.0 Å². The van der Waals surface area contributed by atoms with E-state index in [2.05, 4.69) is 10.0 Å². The maximum atomic E-state index is 12.2. The molecular formula is C20H24N2O6S. The van der Waals surface area contributed by atoms with Crippen molar-refractivity contribution in [3.05, 3.63) is 59.7 Å². The number of amides is 1. The molecule has 0 aliphatic carbocycles. The lowest BCUT2D eigenvalue weighted by molar-refractivity contribution is -0.124. The van der Waals surface area contributed by atoms with Crippen LogP contribution in [0.1, 0.15) is 35.8 Å². The summed E-state index contributed by atoms with van der Waals surface area (Å²) in [4.78, 5) is 24.3. The lowest BCUT2D eigenvalue weighted by atomic mass is 10.1. The summed E-state index contributed by atoms with van der Waals surface area (Å²) in [5, 5.41) is 2.73. The zero-order valence-corrected chi connectivity index (χ0v) is 17.3. The Hall–Kier alpha value is -2.91. The van der Waals surface area contributed by atoms with Gasteiger partial charge in [-0.2, -0.15) is 0 Å². The highest BCUT2D eigenvalue weighted by Crippen LogP contribution is 2.24. The predicted octanol–water partition coefficient (Wildman–Crippen LogP) is 2.03. The summed E-state index contributed by atoms with van der Waals surface area (Å²) in [5.74, 6) is -0.650. The second-order valence-corrected chi connectivity index (χ2v) is 7.90. The van der Waals surface area contributed by atoms with Crippen LogP contribution in [-0.2, 0) is 19.6 Å². The van der Waals surface area contributed by atoms with Crippen LogP contribution in [0.25, 0.3) is 0 Å². The second kappa shape index (κ2) is 10.0. The van der Waals surface area contributed by atoms with E-state index < -0.39 is 28.5 Å². The van der Waals surface area contributed by atoms with Crippen LogP contribution in [0.2, 0.25) is 0 Å². The van der Waals surface area contributed by atoms with E-state index in [4.69, 9.17) is 9.47 Å². The van der Waals surface area contributed by atoms with Gasteiger partial charge in [0.05, 0.1) is 23.6 Å². The number of carbonyl (C=O) groups is 2. The SMILES string of the molecule is CCNS(=O)(=O)c1cccc(C(=O)OCC(=O)NC(C)c2ccccc2OC)c1. The number of ether oxygens (including phenoxy) is 2. The summed E-state index contributed by atoms with van der Waals surface area (Å²) in [6, 6.07) is 12.3. The molecule has 0 saturated heterocycles. The molecule has 0 aliphatic rings.